The topological polar surface area (TPSA) is 40.5 Å². The average Bonchev–Trinajstić information content (AvgIpc) is 2.30. The smallest absolute Gasteiger partial charge is 0.209 e. The molecule has 1 aromatic rings. The Morgan fingerprint density at radius 2 is 1.80 bits per heavy atom. The summed E-state index contributed by atoms with van der Waals surface area (Å²) in [6.07, 6.45) is 2.96. The van der Waals surface area contributed by atoms with Gasteiger partial charge in [-0.2, -0.15) is 0 Å². The number of phenols is 1. The molecule has 1 aliphatic rings. The van der Waals surface area contributed by atoms with Gasteiger partial charge in [-0.05, 0) is 36.5 Å². The Hall–Kier alpha value is -1.51. The molecule has 3 nitrogen and oxygen atoms in total. The van der Waals surface area contributed by atoms with E-state index in [1.165, 1.54) is 5.56 Å². The lowest BCUT2D eigenvalue weighted by Crippen LogP contribution is -2.31. The summed E-state index contributed by atoms with van der Waals surface area (Å²) in [5.74, 6) is 0.839. The minimum atomic E-state index is 0.309. The molecule has 0 aliphatic carbocycles. The molecule has 0 aromatic heterocycles. The lowest BCUT2D eigenvalue weighted by molar-refractivity contribution is -0.119. The fraction of sp³-hybridized carbons (Fsp3) is 0.417. The Labute approximate surface area is 89.3 Å². The number of hydrogen-bond donors (Lipinski definition) is 1. The van der Waals surface area contributed by atoms with Crippen LogP contribution in [0, 0.1) is 0 Å². The van der Waals surface area contributed by atoms with Crippen molar-refractivity contribution in [3.8, 4) is 5.75 Å². The van der Waals surface area contributed by atoms with Gasteiger partial charge in [0.25, 0.3) is 0 Å². The van der Waals surface area contributed by atoms with Crippen molar-refractivity contribution >= 4 is 6.41 Å². The molecule has 0 spiro atoms. The number of rotatable bonds is 2. The van der Waals surface area contributed by atoms with Gasteiger partial charge in [-0.15, -0.1) is 0 Å². The Morgan fingerprint density at radius 3 is 2.33 bits per heavy atom. The van der Waals surface area contributed by atoms with Crippen LogP contribution in [0.25, 0.3) is 0 Å². The molecule has 0 saturated carbocycles. The maximum absolute atomic E-state index is 10.5. The maximum Gasteiger partial charge on any atom is 0.209 e. The van der Waals surface area contributed by atoms with Crippen molar-refractivity contribution in [1.82, 2.24) is 4.90 Å². The molecule has 1 aromatic carbocycles. The number of likely N-dealkylation sites (tertiary alicyclic amines) is 1. The largest absolute Gasteiger partial charge is 0.508 e. The van der Waals surface area contributed by atoms with E-state index in [0.29, 0.717) is 11.7 Å². The molecule has 1 saturated heterocycles. The zero-order valence-corrected chi connectivity index (χ0v) is 8.60. The number of benzene rings is 1. The zero-order chi connectivity index (χ0) is 10.7. The number of amides is 1. The summed E-state index contributed by atoms with van der Waals surface area (Å²) >= 11 is 0. The second-order valence-corrected chi connectivity index (χ2v) is 4.01. The second kappa shape index (κ2) is 4.34. The summed E-state index contributed by atoms with van der Waals surface area (Å²) < 4.78 is 0. The van der Waals surface area contributed by atoms with Crippen molar-refractivity contribution in [2.75, 3.05) is 13.1 Å². The van der Waals surface area contributed by atoms with Crippen molar-refractivity contribution in [3.63, 3.8) is 0 Å². The van der Waals surface area contributed by atoms with Gasteiger partial charge in [-0.1, -0.05) is 12.1 Å². The number of carbonyl (C=O) groups excluding carboxylic acids is 1. The summed E-state index contributed by atoms with van der Waals surface area (Å²) in [4.78, 5) is 12.4. The molecule has 1 aliphatic heterocycles. The molecule has 0 atom stereocenters. The fourth-order valence-corrected chi connectivity index (χ4v) is 2.08. The van der Waals surface area contributed by atoms with Crippen LogP contribution in [0.2, 0.25) is 0 Å². The highest BCUT2D eigenvalue weighted by Gasteiger charge is 2.19. The number of aromatic hydroxyl groups is 1. The van der Waals surface area contributed by atoms with Gasteiger partial charge >= 0.3 is 0 Å². The van der Waals surface area contributed by atoms with Crippen molar-refractivity contribution in [3.05, 3.63) is 29.8 Å². The van der Waals surface area contributed by atoms with Gasteiger partial charge in [-0.25, -0.2) is 0 Å². The third-order valence-electron chi connectivity index (χ3n) is 3.04. The monoisotopic (exact) mass is 205 g/mol. The minimum Gasteiger partial charge on any atom is -0.508 e. The number of piperidine rings is 1. The highest BCUT2D eigenvalue weighted by Crippen LogP contribution is 2.28. The molecule has 1 N–H and O–H groups in total. The van der Waals surface area contributed by atoms with E-state index in [1.807, 2.05) is 17.0 Å². The standard InChI is InChI=1S/C12H15NO2/c14-9-13-7-5-11(6-8-13)10-1-3-12(15)4-2-10/h1-4,9,11,15H,5-8H2. The maximum atomic E-state index is 10.5. The summed E-state index contributed by atoms with van der Waals surface area (Å²) in [5, 5.41) is 9.18. The van der Waals surface area contributed by atoms with E-state index in [4.69, 9.17) is 0 Å². The molecule has 0 unspecified atom stereocenters. The summed E-state index contributed by atoms with van der Waals surface area (Å²) in [5.41, 5.74) is 1.26. The van der Waals surface area contributed by atoms with Crippen molar-refractivity contribution < 1.29 is 9.90 Å². The van der Waals surface area contributed by atoms with Crippen LogP contribution in [0.5, 0.6) is 5.75 Å². The molecular formula is C12H15NO2. The van der Waals surface area contributed by atoms with Crippen LogP contribution in [-0.4, -0.2) is 29.5 Å². The minimum absolute atomic E-state index is 0.309. The van der Waals surface area contributed by atoms with E-state index in [1.54, 1.807) is 12.1 Å². The van der Waals surface area contributed by atoms with Crippen LogP contribution in [-0.2, 0) is 4.79 Å². The van der Waals surface area contributed by atoms with E-state index < -0.39 is 0 Å². The first-order chi connectivity index (χ1) is 7.29. The van der Waals surface area contributed by atoms with Gasteiger partial charge in [0.1, 0.15) is 5.75 Å². The Balaban J connectivity index is 2.01. The fourth-order valence-electron chi connectivity index (χ4n) is 2.08. The SMILES string of the molecule is O=CN1CCC(c2ccc(O)cc2)CC1. The second-order valence-electron chi connectivity index (χ2n) is 4.01. The quantitative estimate of drug-likeness (QED) is 0.747. The van der Waals surface area contributed by atoms with E-state index in [9.17, 15) is 9.90 Å². The number of nitrogens with zero attached hydrogens (tertiary/aromatic N) is 1. The highest BCUT2D eigenvalue weighted by molar-refractivity contribution is 5.47. The number of hydrogen-bond acceptors (Lipinski definition) is 2. The Bertz CT molecular complexity index is 326. The van der Waals surface area contributed by atoms with Crippen LogP contribution >= 0.6 is 0 Å². The molecule has 2 rings (SSSR count). The lowest BCUT2D eigenvalue weighted by Gasteiger charge is -2.29. The number of carbonyl (C=O) groups is 1. The van der Waals surface area contributed by atoms with Gasteiger partial charge in [0.05, 0.1) is 0 Å². The first kappa shape index (κ1) is 10.0. The predicted octanol–water partition coefficient (Wildman–Crippen LogP) is 1.73. The molecular weight excluding hydrogens is 190 g/mol. The lowest BCUT2D eigenvalue weighted by atomic mass is 9.90. The summed E-state index contributed by atoms with van der Waals surface area (Å²) in [6, 6.07) is 7.38. The molecule has 1 fully saturated rings. The third kappa shape index (κ3) is 2.29. The van der Waals surface area contributed by atoms with Gasteiger partial charge in [0, 0.05) is 13.1 Å². The van der Waals surface area contributed by atoms with Crippen molar-refractivity contribution in [2.45, 2.75) is 18.8 Å². The first-order valence-electron chi connectivity index (χ1n) is 5.28. The number of phenolic OH excluding ortho intramolecular Hbond substituents is 1. The van der Waals surface area contributed by atoms with E-state index in [-0.39, 0.29) is 0 Å². The molecule has 3 heteroatoms. The van der Waals surface area contributed by atoms with Gasteiger partial charge in [-0.3, -0.25) is 4.79 Å². The van der Waals surface area contributed by atoms with Gasteiger partial charge in [0.2, 0.25) is 6.41 Å². The van der Waals surface area contributed by atoms with Crippen LogP contribution < -0.4 is 0 Å². The third-order valence-corrected chi connectivity index (χ3v) is 3.04. The van der Waals surface area contributed by atoms with Gasteiger partial charge < -0.3 is 10.0 Å². The molecule has 0 radical (unpaired) electrons. The van der Waals surface area contributed by atoms with Crippen LogP contribution in [0.3, 0.4) is 0 Å². The van der Waals surface area contributed by atoms with Crippen LogP contribution in [0.15, 0.2) is 24.3 Å². The highest BCUT2D eigenvalue weighted by atomic mass is 16.3. The summed E-state index contributed by atoms with van der Waals surface area (Å²) in [7, 11) is 0. The van der Waals surface area contributed by atoms with E-state index >= 15 is 0 Å². The van der Waals surface area contributed by atoms with Crippen LogP contribution in [0.1, 0.15) is 24.3 Å². The normalized spacial score (nSPS) is 17.7. The molecule has 15 heavy (non-hydrogen) atoms. The average molecular weight is 205 g/mol. The molecule has 1 amide bonds. The molecule has 80 valence electrons. The summed E-state index contributed by atoms with van der Waals surface area (Å²) in [6.45, 7) is 1.68. The van der Waals surface area contributed by atoms with E-state index in [2.05, 4.69) is 0 Å². The van der Waals surface area contributed by atoms with Crippen molar-refractivity contribution in [1.29, 1.82) is 0 Å². The predicted molar refractivity (Wildman–Crippen MR) is 57.7 cm³/mol. The van der Waals surface area contributed by atoms with Crippen LogP contribution in [0.4, 0.5) is 0 Å². The van der Waals surface area contributed by atoms with E-state index in [0.717, 1.165) is 32.3 Å². The first-order valence-corrected chi connectivity index (χ1v) is 5.28. The Morgan fingerprint density at radius 1 is 1.20 bits per heavy atom. The molecule has 0 bridgehead atoms. The Kier molecular flexibility index (Phi) is 2.90. The molecule has 1 heterocycles. The van der Waals surface area contributed by atoms with Gasteiger partial charge in [0.15, 0.2) is 0 Å². The zero-order valence-electron chi connectivity index (χ0n) is 8.60. The van der Waals surface area contributed by atoms with Crippen molar-refractivity contribution in [2.24, 2.45) is 0 Å².